The second kappa shape index (κ2) is 11.7. The lowest BCUT2D eigenvalue weighted by Crippen LogP contribution is -2.25. The van der Waals surface area contributed by atoms with E-state index >= 15 is 0 Å². The van der Waals surface area contributed by atoms with Gasteiger partial charge in [-0.15, -0.1) is 0 Å². The molecule has 2 aromatic carbocycles. The molecule has 0 atom stereocenters. The van der Waals surface area contributed by atoms with Crippen molar-refractivity contribution in [3.05, 3.63) is 47.2 Å². The minimum Gasteiger partial charge on any atom is -0.459 e. The molecule has 1 aromatic heterocycles. The second-order valence-electron chi connectivity index (χ2n) is 8.88. The first-order valence-corrected chi connectivity index (χ1v) is 12.1. The first kappa shape index (κ1) is 27.4. The van der Waals surface area contributed by atoms with Gasteiger partial charge in [-0.3, -0.25) is 9.59 Å². The van der Waals surface area contributed by atoms with Crippen LogP contribution < -0.4 is 10.1 Å². The standard InChI is InChI=1S/C27H31N3O7/c1-7-35-26(33)24(31)28-18-12-16(5)23(17(6)13-18)37-19-9-10-22-20(14-19)21(11-15(3)4)29-30(22)25(32)27(34)36-8-2/h9-10,12-15H,7-8,11H2,1-6H3,(H,28,31). The van der Waals surface area contributed by atoms with Crippen molar-refractivity contribution < 1.29 is 33.4 Å². The molecule has 1 heterocycles. The Morgan fingerprint density at radius 2 is 1.57 bits per heavy atom. The van der Waals surface area contributed by atoms with Crippen molar-refractivity contribution in [3.8, 4) is 11.5 Å². The molecular weight excluding hydrogens is 478 g/mol. The quantitative estimate of drug-likeness (QED) is 0.368. The van der Waals surface area contributed by atoms with Crippen LogP contribution in [0.4, 0.5) is 5.69 Å². The molecule has 0 spiro atoms. The van der Waals surface area contributed by atoms with Crippen molar-refractivity contribution in [3.63, 3.8) is 0 Å². The minimum absolute atomic E-state index is 0.0879. The summed E-state index contributed by atoms with van der Waals surface area (Å²) in [6.07, 6.45) is 0.593. The number of hydrogen-bond donors (Lipinski definition) is 1. The molecule has 3 aromatic rings. The van der Waals surface area contributed by atoms with Crippen LogP contribution in [0, 0.1) is 19.8 Å². The largest absolute Gasteiger partial charge is 0.459 e. The maximum atomic E-state index is 12.6. The Morgan fingerprint density at radius 3 is 2.16 bits per heavy atom. The van der Waals surface area contributed by atoms with Gasteiger partial charge in [-0.2, -0.15) is 9.78 Å². The van der Waals surface area contributed by atoms with Crippen molar-refractivity contribution >= 4 is 40.3 Å². The summed E-state index contributed by atoms with van der Waals surface area (Å²) >= 11 is 0. The third kappa shape index (κ3) is 6.32. The molecule has 0 saturated carbocycles. The Hall–Kier alpha value is -4.21. The van der Waals surface area contributed by atoms with E-state index in [0.717, 1.165) is 15.8 Å². The van der Waals surface area contributed by atoms with Gasteiger partial charge in [-0.25, -0.2) is 9.59 Å². The molecular formula is C27H31N3O7. The fourth-order valence-electron chi connectivity index (χ4n) is 3.87. The van der Waals surface area contributed by atoms with E-state index in [0.29, 0.717) is 40.2 Å². The van der Waals surface area contributed by atoms with Crippen LogP contribution in [0.25, 0.3) is 10.9 Å². The van der Waals surface area contributed by atoms with Crippen molar-refractivity contribution in [1.82, 2.24) is 9.78 Å². The number of aromatic nitrogens is 2. The SMILES string of the molecule is CCOC(=O)C(=O)Nc1cc(C)c(Oc2ccc3c(c2)c(CC(C)C)nn3C(=O)C(=O)OCC)c(C)c1. The molecule has 1 N–H and O–H groups in total. The highest BCUT2D eigenvalue weighted by Crippen LogP contribution is 2.34. The fraction of sp³-hybridized carbons (Fsp3) is 0.370. The van der Waals surface area contributed by atoms with Crippen LogP contribution in [0.2, 0.25) is 0 Å². The summed E-state index contributed by atoms with van der Waals surface area (Å²) in [7, 11) is 0. The maximum Gasteiger partial charge on any atom is 0.399 e. The third-order valence-electron chi connectivity index (χ3n) is 5.37. The topological polar surface area (TPSA) is 126 Å². The number of ether oxygens (including phenoxy) is 3. The number of nitrogens with one attached hydrogen (secondary N) is 1. The Bertz CT molecular complexity index is 1330. The predicted molar refractivity (Wildman–Crippen MR) is 137 cm³/mol. The summed E-state index contributed by atoms with van der Waals surface area (Å²) in [4.78, 5) is 48.3. The number of esters is 2. The van der Waals surface area contributed by atoms with Gasteiger partial charge in [0.2, 0.25) is 0 Å². The number of carbonyl (C=O) groups excluding carboxylic acids is 4. The first-order valence-electron chi connectivity index (χ1n) is 12.1. The lowest BCUT2D eigenvalue weighted by Gasteiger charge is -2.14. The number of aryl methyl sites for hydroxylation is 2. The van der Waals surface area contributed by atoms with Gasteiger partial charge in [0.25, 0.3) is 0 Å². The van der Waals surface area contributed by atoms with E-state index < -0.39 is 23.8 Å². The molecule has 196 valence electrons. The second-order valence-corrected chi connectivity index (χ2v) is 8.88. The average Bonchev–Trinajstić information content (AvgIpc) is 3.18. The van der Waals surface area contributed by atoms with E-state index in [2.05, 4.69) is 10.4 Å². The molecule has 3 rings (SSSR count). The van der Waals surface area contributed by atoms with Crippen LogP contribution in [-0.2, 0) is 30.3 Å². The Labute approximate surface area is 214 Å². The molecule has 0 fully saturated rings. The monoisotopic (exact) mass is 509 g/mol. The zero-order valence-electron chi connectivity index (χ0n) is 21.8. The number of amides is 1. The molecule has 10 heteroatoms. The highest BCUT2D eigenvalue weighted by Gasteiger charge is 2.24. The molecule has 1 amide bonds. The van der Waals surface area contributed by atoms with Gasteiger partial charge in [0.15, 0.2) is 0 Å². The number of hydrogen-bond acceptors (Lipinski definition) is 8. The highest BCUT2D eigenvalue weighted by molar-refractivity contribution is 6.37. The van der Waals surface area contributed by atoms with Gasteiger partial charge >= 0.3 is 23.8 Å². The van der Waals surface area contributed by atoms with E-state index in [1.54, 1.807) is 44.2 Å². The van der Waals surface area contributed by atoms with Crippen molar-refractivity contribution in [2.75, 3.05) is 18.5 Å². The lowest BCUT2D eigenvalue weighted by atomic mass is 10.0. The summed E-state index contributed by atoms with van der Waals surface area (Å²) in [6, 6.07) is 8.53. The van der Waals surface area contributed by atoms with Crippen LogP contribution in [-0.4, -0.2) is 46.7 Å². The normalized spacial score (nSPS) is 10.9. The minimum atomic E-state index is -0.968. The number of benzene rings is 2. The van der Waals surface area contributed by atoms with Crippen LogP contribution in [0.3, 0.4) is 0 Å². The number of nitrogens with zero attached hydrogens (tertiary/aromatic N) is 2. The molecule has 0 aliphatic heterocycles. The van der Waals surface area contributed by atoms with E-state index in [-0.39, 0.29) is 19.1 Å². The summed E-state index contributed by atoms with van der Waals surface area (Å²) in [5, 5.41) is 7.64. The Kier molecular flexibility index (Phi) is 8.65. The van der Waals surface area contributed by atoms with Crippen LogP contribution in [0.1, 0.15) is 49.3 Å². The van der Waals surface area contributed by atoms with Crippen molar-refractivity contribution in [2.45, 2.75) is 48.0 Å². The molecule has 37 heavy (non-hydrogen) atoms. The molecule has 0 radical (unpaired) electrons. The van der Waals surface area contributed by atoms with E-state index in [1.807, 2.05) is 27.7 Å². The van der Waals surface area contributed by atoms with E-state index in [1.165, 1.54) is 0 Å². The van der Waals surface area contributed by atoms with E-state index in [9.17, 15) is 19.2 Å². The zero-order chi connectivity index (χ0) is 27.3. The van der Waals surface area contributed by atoms with Crippen molar-refractivity contribution in [1.29, 1.82) is 0 Å². The molecule has 0 aliphatic carbocycles. The lowest BCUT2D eigenvalue weighted by molar-refractivity contribution is -0.152. The van der Waals surface area contributed by atoms with E-state index in [4.69, 9.17) is 14.2 Å². The predicted octanol–water partition coefficient (Wildman–Crippen LogP) is 4.35. The van der Waals surface area contributed by atoms with Gasteiger partial charge in [-0.05, 0) is 81.5 Å². The van der Waals surface area contributed by atoms with Crippen LogP contribution >= 0.6 is 0 Å². The molecule has 10 nitrogen and oxygen atoms in total. The number of fused-ring (bicyclic) bond motifs is 1. The highest BCUT2D eigenvalue weighted by atomic mass is 16.5. The van der Waals surface area contributed by atoms with Crippen LogP contribution in [0.15, 0.2) is 30.3 Å². The van der Waals surface area contributed by atoms with Gasteiger partial charge in [0.05, 0.1) is 24.4 Å². The average molecular weight is 510 g/mol. The Morgan fingerprint density at radius 1 is 0.946 bits per heavy atom. The zero-order valence-corrected chi connectivity index (χ0v) is 21.8. The molecule has 0 aliphatic rings. The van der Waals surface area contributed by atoms with Gasteiger partial charge in [0, 0.05) is 11.1 Å². The summed E-state index contributed by atoms with van der Waals surface area (Å²) in [5.41, 5.74) is 3.05. The summed E-state index contributed by atoms with van der Waals surface area (Å²) < 4.78 is 16.8. The van der Waals surface area contributed by atoms with Crippen molar-refractivity contribution in [2.24, 2.45) is 5.92 Å². The van der Waals surface area contributed by atoms with Gasteiger partial charge in [0.1, 0.15) is 11.5 Å². The third-order valence-corrected chi connectivity index (χ3v) is 5.37. The first-order chi connectivity index (χ1) is 17.5. The molecule has 0 bridgehead atoms. The van der Waals surface area contributed by atoms with Gasteiger partial charge < -0.3 is 19.5 Å². The Balaban J connectivity index is 1.94. The molecule has 0 unspecified atom stereocenters. The maximum absolute atomic E-state index is 12.6. The number of carbonyl (C=O) groups is 4. The number of anilines is 1. The molecule has 0 saturated heterocycles. The smallest absolute Gasteiger partial charge is 0.399 e. The summed E-state index contributed by atoms with van der Waals surface area (Å²) in [6.45, 7) is 11.2. The summed E-state index contributed by atoms with van der Waals surface area (Å²) in [5.74, 6) is -2.29. The van der Waals surface area contributed by atoms with Crippen LogP contribution in [0.5, 0.6) is 11.5 Å². The van der Waals surface area contributed by atoms with Gasteiger partial charge in [-0.1, -0.05) is 13.8 Å². The number of rotatable bonds is 7. The fourth-order valence-corrected chi connectivity index (χ4v) is 3.87.